The maximum Gasteiger partial charge on any atom is 0.331 e. The summed E-state index contributed by atoms with van der Waals surface area (Å²) in [6, 6.07) is 14.8. The highest BCUT2D eigenvalue weighted by Gasteiger charge is 2.07. The summed E-state index contributed by atoms with van der Waals surface area (Å²) in [7, 11) is 0. The van der Waals surface area contributed by atoms with Crippen LogP contribution in [0.15, 0.2) is 67.3 Å². The van der Waals surface area contributed by atoms with Crippen molar-refractivity contribution in [2.24, 2.45) is 0 Å². The Morgan fingerprint density at radius 1 is 1.11 bits per heavy atom. The largest absolute Gasteiger partial charge is 0.490 e. The first-order valence-corrected chi connectivity index (χ1v) is 8.68. The number of para-hydroxylation sites is 1. The van der Waals surface area contributed by atoms with Crippen LogP contribution in [0, 0.1) is 0 Å². The number of ether oxygens (including phenoxy) is 2. The third-order valence-electron chi connectivity index (χ3n) is 3.68. The second kappa shape index (κ2) is 10.6. The van der Waals surface area contributed by atoms with E-state index in [0.29, 0.717) is 6.61 Å². The average Bonchev–Trinajstić information content (AvgIpc) is 2.70. The molecule has 1 N–H and O–H groups in total. The molecule has 5 nitrogen and oxygen atoms in total. The van der Waals surface area contributed by atoms with Crippen LogP contribution in [0.25, 0.3) is 6.08 Å². The van der Waals surface area contributed by atoms with Crippen molar-refractivity contribution in [2.75, 3.05) is 18.5 Å². The molecule has 0 aliphatic carbocycles. The Morgan fingerprint density at radius 2 is 1.85 bits per heavy atom. The predicted molar refractivity (Wildman–Crippen MR) is 107 cm³/mol. The Morgan fingerprint density at radius 3 is 2.56 bits per heavy atom. The van der Waals surface area contributed by atoms with E-state index < -0.39 is 5.97 Å². The first kappa shape index (κ1) is 20.0. The highest BCUT2D eigenvalue weighted by atomic mass is 16.5. The van der Waals surface area contributed by atoms with Gasteiger partial charge in [0.1, 0.15) is 12.4 Å². The zero-order valence-corrected chi connectivity index (χ0v) is 15.3. The Bertz CT molecular complexity index is 809. The van der Waals surface area contributed by atoms with Gasteiger partial charge in [-0.25, -0.2) is 4.79 Å². The Kier molecular flexibility index (Phi) is 7.85. The second-order valence-corrected chi connectivity index (χ2v) is 5.67. The Labute approximate surface area is 159 Å². The molecule has 2 rings (SSSR count). The molecule has 0 spiro atoms. The van der Waals surface area contributed by atoms with E-state index in [0.717, 1.165) is 29.0 Å². The number of carbonyl (C=O) groups excluding carboxylic acids is 2. The van der Waals surface area contributed by atoms with Gasteiger partial charge in [-0.05, 0) is 41.8 Å². The van der Waals surface area contributed by atoms with Crippen molar-refractivity contribution in [3.63, 3.8) is 0 Å². The zero-order valence-electron chi connectivity index (χ0n) is 15.3. The summed E-state index contributed by atoms with van der Waals surface area (Å²) >= 11 is 0. The van der Waals surface area contributed by atoms with Gasteiger partial charge in [0.25, 0.3) is 5.91 Å². The highest BCUT2D eigenvalue weighted by molar-refractivity contribution is 5.95. The SMILES string of the molecule is C=CCOc1ccc(/C=C/C(=O)OCC(=O)Nc2ccccc2CC)cc1. The van der Waals surface area contributed by atoms with E-state index in [-0.39, 0.29) is 12.5 Å². The van der Waals surface area contributed by atoms with Gasteiger partial charge in [0.2, 0.25) is 0 Å². The second-order valence-electron chi connectivity index (χ2n) is 5.67. The zero-order chi connectivity index (χ0) is 19.5. The number of carbonyl (C=O) groups is 2. The van der Waals surface area contributed by atoms with Crippen LogP contribution in [0.2, 0.25) is 0 Å². The minimum absolute atomic E-state index is 0.338. The van der Waals surface area contributed by atoms with Crippen molar-refractivity contribution >= 4 is 23.6 Å². The molecule has 0 bridgehead atoms. The summed E-state index contributed by atoms with van der Waals surface area (Å²) in [6.07, 6.45) is 5.37. The Balaban J connectivity index is 1.80. The number of rotatable bonds is 9. The smallest absolute Gasteiger partial charge is 0.331 e. The molecule has 0 unspecified atom stereocenters. The summed E-state index contributed by atoms with van der Waals surface area (Å²) in [5, 5.41) is 2.75. The third-order valence-corrected chi connectivity index (χ3v) is 3.68. The molecule has 5 heteroatoms. The van der Waals surface area contributed by atoms with Gasteiger partial charge in [-0.15, -0.1) is 0 Å². The molecule has 0 atom stereocenters. The van der Waals surface area contributed by atoms with Gasteiger partial charge in [0, 0.05) is 11.8 Å². The van der Waals surface area contributed by atoms with E-state index >= 15 is 0 Å². The van der Waals surface area contributed by atoms with Crippen LogP contribution in [0.3, 0.4) is 0 Å². The lowest BCUT2D eigenvalue weighted by molar-refractivity contribution is -0.142. The van der Waals surface area contributed by atoms with Crippen molar-refractivity contribution in [1.82, 2.24) is 0 Å². The summed E-state index contributed by atoms with van der Waals surface area (Å²) < 4.78 is 10.4. The van der Waals surface area contributed by atoms with Gasteiger partial charge in [-0.1, -0.05) is 49.9 Å². The highest BCUT2D eigenvalue weighted by Crippen LogP contribution is 2.15. The monoisotopic (exact) mass is 365 g/mol. The van der Waals surface area contributed by atoms with Crippen LogP contribution >= 0.6 is 0 Å². The van der Waals surface area contributed by atoms with Crippen molar-refractivity contribution in [3.8, 4) is 5.75 Å². The number of hydrogen-bond donors (Lipinski definition) is 1. The van der Waals surface area contributed by atoms with Crippen molar-refractivity contribution in [1.29, 1.82) is 0 Å². The number of esters is 1. The van der Waals surface area contributed by atoms with Crippen LogP contribution in [-0.4, -0.2) is 25.1 Å². The summed E-state index contributed by atoms with van der Waals surface area (Å²) in [4.78, 5) is 23.7. The third kappa shape index (κ3) is 6.82. The van der Waals surface area contributed by atoms with Crippen molar-refractivity contribution in [2.45, 2.75) is 13.3 Å². The van der Waals surface area contributed by atoms with Gasteiger partial charge in [-0.3, -0.25) is 4.79 Å². The van der Waals surface area contributed by atoms with E-state index in [4.69, 9.17) is 9.47 Å². The molecule has 0 radical (unpaired) electrons. The standard InChI is InChI=1S/C22H23NO4/c1-3-15-26-19-12-9-17(10-13-19)11-14-22(25)27-16-21(24)23-20-8-6-5-7-18(20)4-2/h3,5-14H,1,4,15-16H2,2H3,(H,23,24)/b14-11+. The van der Waals surface area contributed by atoms with Gasteiger partial charge < -0.3 is 14.8 Å². The van der Waals surface area contributed by atoms with Crippen LogP contribution < -0.4 is 10.1 Å². The average molecular weight is 365 g/mol. The maximum atomic E-state index is 11.9. The lowest BCUT2D eigenvalue weighted by Gasteiger charge is -2.09. The van der Waals surface area contributed by atoms with E-state index in [2.05, 4.69) is 11.9 Å². The lowest BCUT2D eigenvalue weighted by atomic mass is 10.1. The van der Waals surface area contributed by atoms with Crippen LogP contribution in [0.5, 0.6) is 5.75 Å². The Hall–Kier alpha value is -3.34. The number of anilines is 1. The van der Waals surface area contributed by atoms with E-state index in [9.17, 15) is 9.59 Å². The molecule has 2 aromatic carbocycles. The number of benzene rings is 2. The first-order valence-electron chi connectivity index (χ1n) is 8.68. The van der Waals surface area contributed by atoms with Gasteiger partial charge in [-0.2, -0.15) is 0 Å². The number of aryl methyl sites for hydroxylation is 1. The fourth-order valence-corrected chi connectivity index (χ4v) is 2.32. The van der Waals surface area contributed by atoms with Crippen LogP contribution in [0.1, 0.15) is 18.1 Å². The fourth-order valence-electron chi connectivity index (χ4n) is 2.32. The molecular formula is C22H23NO4. The molecule has 0 aliphatic heterocycles. The number of nitrogens with one attached hydrogen (secondary N) is 1. The van der Waals surface area contributed by atoms with Crippen LogP contribution in [-0.2, 0) is 20.7 Å². The molecule has 27 heavy (non-hydrogen) atoms. The molecular weight excluding hydrogens is 342 g/mol. The van der Waals surface area contributed by atoms with Gasteiger partial charge >= 0.3 is 5.97 Å². The van der Waals surface area contributed by atoms with Crippen molar-refractivity contribution < 1.29 is 19.1 Å². The minimum Gasteiger partial charge on any atom is -0.490 e. The number of amides is 1. The first-order chi connectivity index (χ1) is 13.1. The van der Waals surface area contributed by atoms with E-state index in [1.165, 1.54) is 6.08 Å². The quantitative estimate of drug-likeness (QED) is 0.414. The molecule has 0 saturated carbocycles. The van der Waals surface area contributed by atoms with Gasteiger partial charge in [0.05, 0.1) is 0 Å². The minimum atomic E-state index is -0.582. The normalized spacial score (nSPS) is 10.4. The predicted octanol–water partition coefficient (Wildman–Crippen LogP) is 4.01. The molecule has 0 saturated heterocycles. The van der Waals surface area contributed by atoms with Crippen LogP contribution in [0.4, 0.5) is 5.69 Å². The molecule has 2 aromatic rings. The molecule has 140 valence electrons. The molecule has 0 heterocycles. The lowest BCUT2D eigenvalue weighted by Crippen LogP contribution is -2.20. The molecule has 0 fully saturated rings. The van der Waals surface area contributed by atoms with E-state index in [1.54, 1.807) is 24.3 Å². The molecule has 1 amide bonds. The fraction of sp³-hybridized carbons (Fsp3) is 0.182. The molecule has 0 aromatic heterocycles. The maximum absolute atomic E-state index is 11.9. The van der Waals surface area contributed by atoms with Crippen molar-refractivity contribution in [3.05, 3.63) is 78.4 Å². The number of hydrogen-bond acceptors (Lipinski definition) is 4. The van der Waals surface area contributed by atoms with Gasteiger partial charge in [0.15, 0.2) is 6.61 Å². The summed E-state index contributed by atoms with van der Waals surface area (Å²) in [6.45, 7) is 5.69. The summed E-state index contributed by atoms with van der Waals surface area (Å²) in [5.41, 5.74) is 2.58. The summed E-state index contributed by atoms with van der Waals surface area (Å²) in [5.74, 6) is -0.235. The van der Waals surface area contributed by atoms with E-state index in [1.807, 2.05) is 43.3 Å². The molecule has 0 aliphatic rings. The topological polar surface area (TPSA) is 64.6 Å².